The monoisotopic (exact) mass is 456 g/mol. The molecule has 0 unspecified atom stereocenters. The molecule has 0 radical (unpaired) electrons. The van der Waals surface area contributed by atoms with E-state index in [0.29, 0.717) is 36.8 Å². The molecule has 1 aromatic carbocycles. The van der Waals surface area contributed by atoms with Crippen LogP contribution >= 0.6 is 11.6 Å². The van der Waals surface area contributed by atoms with Crippen LogP contribution in [-0.2, 0) is 11.3 Å². The van der Waals surface area contributed by atoms with Crippen molar-refractivity contribution in [2.24, 2.45) is 11.3 Å². The lowest BCUT2D eigenvalue weighted by atomic mass is 9.82. The predicted octanol–water partition coefficient (Wildman–Crippen LogP) is 4.53. The summed E-state index contributed by atoms with van der Waals surface area (Å²) in [6.45, 7) is 8.07. The molecule has 3 amide bonds. The molecule has 0 aliphatic carbocycles. The predicted molar refractivity (Wildman–Crippen MR) is 126 cm³/mol. The van der Waals surface area contributed by atoms with E-state index < -0.39 is 6.03 Å². The number of benzene rings is 1. The van der Waals surface area contributed by atoms with Crippen LogP contribution in [0.2, 0.25) is 5.02 Å². The fourth-order valence-corrected chi connectivity index (χ4v) is 4.75. The molecule has 2 aliphatic heterocycles. The molecular weight excluding hydrogens is 428 g/mol. The number of nitrogens with zero attached hydrogens (tertiary/aromatic N) is 2. The third-order valence-electron chi connectivity index (χ3n) is 5.99. The first-order chi connectivity index (χ1) is 15.1. The zero-order valence-electron chi connectivity index (χ0n) is 18.7. The van der Waals surface area contributed by atoms with Crippen LogP contribution in [0.3, 0.4) is 0 Å². The number of hydrogen-bond donors (Lipinski definition) is 2. The van der Waals surface area contributed by atoms with E-state index in [1.54, 1.807) is 34.9 Å². The molecule has 2 aromatic rings. The van der Waals surface area contributed by atoms with Gasteiger partial charge in [-0.15, -0.1) is 0 Å². The van der Waals surface area contributed by atoms with E-state index in [0.717, 1.165) is 12.1 Å². The second-order valence-corrected chi connectivity index (χ2v) is 10.4. The molecule has 4 rings (SSSR count). The summed E-state index contributed by atoms with van der Waals surface area (Å²) in [6, 6.07) is 9.81. The zero-order valence-corrected chi connectivity index (χ0v) is 19.4. The van der Waals surface area contributed by atoms with Crippen LogP contribution in [0.15, 0.2) is 41.2 Å². The Bertz CT molecular complexity index is 1090. The van der Waals surface area contributed by atoms with Gasteiger partial charge in [0.15, 0.2) is 0 Å². The highest BCUT2D eigenvalue weighted by Crippen LogP contribution is 2.36. The maximum absolute atomic E-state index is 13.1. The molecule has 2 aliphatic rings. The summed E-state index contributed by atoms with van der Waals surface area (Å²) in [4.78, 5) is 40.2. The van der Waals surface area contributed by atoms with Crippen LogP contribution in [0.25, 0.3) is 0 Å². The van der Waals surface area contributed by atoms with Crippen LogP contribution in [0.5, 0.6) is 0 Å². The van der Waals surface area contributed by atoms with Crippen molar-refractivity contribution in [3.05, 3.63) is 57.5 Å². The fourth-order valence-electron chi connectivity index (χ4n) is 4.63. The number of aromatic nitrogens is 1. The average Bonchev–Trinajstić information content (AvgIpc) is 2.71. The molecule has 0 spiro atoms. The standard InChI is InChI=1S/C24H29ClN4O3/c1-24(2,3)11-21(30)28-12-15-10-16(14-28)20-9-8-19(22(31)29(20)13-15)27-23(32)26-18-6-4-17(25)5-7-18/h4-9,15-16H,10-14H2,1-3H3,(H2,26,27,32)/t15-,16-/m1/s1. The van der Waals surface area contributed by atoms with Crippen LogP contribution in [0.4, 0.5) is 16.2 Å². The number of likely N-dealkylation sites (tertiary alicyclic amines) is 1. The maximum Gasteiger partial charge on any atom is 0.323 e. The minimum Gasteiger partial charge on any atom is -0.342 e. The Balaban J connectivity index is 1.48. The highest BCUT2D eigenvalue weighted by Gasteiger charge is 2.37. The number of carbonyl (C=O) groups excluding carboxylic acids is 2. The number of hydrogen-bond acceptors (Lipinski definition) is 3. The summed E-state index contributed by atoms with van der Waals surface area (Å²) in [6.07, 6.45) is 1.49. The molecule has 2 bridgehead atoms. The van der Waals surface area contributed by atoms with Gasteiger partial charge in [-0.1, -0.05) is 32.4 Å². The van der Waals surface area contributed by atoms with Crippen LogP contribution in [0.1, 0.15) is 45.2 Å². The molecule has 3 heterocycles. The van der Waals surface area contributed by atoms with Crippen LogP contribution in [-0.4, -0.2) is 34.5 Å². The Kier molecular flexibility index (Phi) is 6.03. The zero-order chi connectivity index (χ0) is 23.0. The van der Waals surface area contributed by atoms with Gasteiger partial charge < -0.3 is 20.1 Å². The van der Waals surface area contributed by atoms with Gasteiger partial charge in [0.05, 0.1) is 0 Å². The molecule has 8 heteroatoms. The molecule has 32 heavy (non-hydrogen) atoms. The highest BCUT2D eigenvalue weighted by atomic mass is 35.5. The second kappa shape index (κ2) is 8.62. The number of piperidine rings is 1. The number of halogens is 1. The van der Waals surface area contributed by atoms with Crippen molar-refractivity contribution in [1.29, 1.82) is 0 Å². The molecule has 170 valence electrons. The molecule has 1 saturated heterocycles. The quantitative estimate of drug-likeness (QED) is 0.711. The van der Waals surface area contributed by atoms with Crippen molar-refractivity contribution < 1.29 is 9.59 Å². The smallest absolute Gasteiger partial charge is 0.323 e. The molecule has 0 saturated carbocycles. The van der Waals surface area contributed by atoms with Gasteiger partial charge in [0.25, 0.3) is 5.56 Å². The fraction of sp³-hybridized carbons (Fsp3) is 0.458. The van der Waals surface area contributed by atoms with E-state index >= 15 is 0 Å². The maximum atomic E-state index is 13.1. The molecule has 1 aromatic heterocycles. The summed E-state index contributed by atoms with van der Waals surface area (Å²) in [7, 11) is 0. The van der Waals surface area contributed by atoms with Gasteiger partial charge >= 0.3 is 6.03 Å². The van der Waals surface area contributed by atoms with Crippen molar-refractivity contribution in [2.75, 3.05) is 23.7 Å². The number of nitrogens with one attached hydrogen (secondary N) is 2. The van der Waals surface area contributed by atoms with Crippen LogP contribution < -0.4 is 16.2 Å². The largest absolute Gasteiger partial charge is 0.342 e. The molecule has 2 N–H and O–H groups in total. The van der Waals surface area contributed by atoms with Crippen LogP contribution in [0, 0.1) is 11.3 Å². The van der Waals surface area contributed by atoms with Gasteiger partial charge in [-0.05, 0) is 54.2 Å². The Morgan fingerprint density at radius 3 is 2.44 bits per heavy atom. The van der Waals surface area contributed by atoms with E-state index in [1.807, 2.05) is 11.0 Å². The third kappa shape index (κ3) is 4.99. The first-order valence-corrected chi connectivity index (χ1v) is 11.3. The van der Waals surface area contributed by atoms with Gasteiger partial charge in [-0.25, -0.2) is 4.79 Å². The summed E-state index contributed by atoms with van der Waals surface area (Å²) < 4.78 is 1.77. The lowest BCUT2D eigenvalue weighted by Crippen LogP contribution is -2.49. The van der Waals surface area contributed by atoms with Crippen molar-refractivity contribution >= 4 is 34.9 Å². The summed E-state index contributed by atoms with van der Waals surface area (Å²) in [5.74, 6) is 0.553. The number of fused-ring (bicyclic) bond motifs is 4. The Hall–Kier alpha value is -2.80. The van der Waals surface area contributed by atoms with Gasteiger partial charge in [0.1, 0.15) is 5.69 Å². The summed E-state index contributed by atoms with van der Waals surface area (Å²) >= 11 is 5.87. The van der Waals surface area contributed by atoms with E-state index in [4.69, 9.17) is 11.6 Å². The molecule has 2 atom stereocenters. The van der Waals surface area contributed by atoms with Crippen molar-refractivity contribution in [2.45, 2.75) is 46.1 Å². The van der Waals surface area contributed by atoms with Gasteiger partial charge in [0.2, 0.25) is 5.91 Å². The first-order valence-electron chi connectivity index (χ1n) is 10.9. The van der Waals surface area contributed by atoms with E-state index in [-0.39, 0.29) is 34.4 Å². The number of carbonyl (C=O) groups is 2. The summed E-state index contributed by atoms with van der Waals surface area (Å²) in [5, 5.41) is 5.94. The normalized spacial score (nSPS) is 19.8. The molecule has 1 fully saturated rings. The van der Waals surface area contributed by atoms with Gasteiger partial charge in [0, 0.05) is 48.4 Å². The third-order valence-corrected chi connectivity index (χ3v) is 6.24. The van der Waals surface area contributed by atoms with Gasteiger partial charge in [-0.3, -0.25) is 9.59 Å². The summed E-state index contributed by atoms with van der Waals surface area (Å²) in [5.41, 5.74) is 1.49. The number of anilines is 2. The Morgan fingerprint density at radius 2 is 1.75 bits per heavy atom. The van der Waals surface area contributed by atoms with E-state index in [9.17, 15) is 14.4 Å². The van der Waals surface area contributed by atoms with Crippen molar-refractivity contribution in [3.8, 4) is 0 Å². The SMILES string of the molecule is CC(C)(C)CC(=O)N1C[C@H]2C[C@H](C1)c1ccc(NC(=O)Nc3ccc(Cl)cc3)c(=O)n1C2. The van der Waals surface area contributed by atoms with Gasteiger partial charge in [-0.2, -0.15) is 0 Å². The topological polar surface area (TPSA) is 83.4 Å². The molecule has 7 nitrogen and oxygen atoms in total. The first kappa shape index (κ1) is 22.4. The number of rotatable bonds is 3. The van der Waals surface area contributed by atoms with E-state index in [2.05, 4.69) is 31.4 Å². The number of amides is 3. The molecular formula is C24H29ClN4O3. The number of pyridine rings is 1. The van der Waals surface area contributed by atoms with Crippen molar-refractivity contribution in [3.63, 3.8) is 0 Å². The minimum absolute atomic E-state index is 0.0500. The lowest BCUT2D eigenvalue weighted by Gasteiger charge is -2.43. The number of urea groups is 1. The lowest BCUT2D eigenvalue weighted by molar-refractivity contribution is -0.135. The van der Waals surface area contributed by atoms with E-state index in [1.165, 1.54) is 0 Å². The highest BCUT2D eigenvalue weighted by molar-refractivity contribution is 6.30. The Labute approximate surface area is 192 Å². The minimum atomic E-state index is -0.486. The second-order valence-electron chi connectivity index (χ2n) is 10.0. The average molecular weight is 457 g/mol. The Morgan fingerprint density at radius 1 is 1.03 bits per heavy atom. The van der Waals surface area contributed by atoms with Crippen molar-refractivity contribution in [1.82, 2.24) is 9.47 Å².